The van der Waals surface area contributed by atoms with Crippen molar-refractivity contribution in [2.24, 2.45) is 5.41 Å². The molecule has 0 unspecified atom stereocenters. The second kappa shape index (κ2) is 5.87. The van der Waals surface area contributed by atoms with E-state index in [0.717, 1.165) is 0 Å². The molecular weight excluding hydrogens is 240 g/mol. The predicted molar refractivity (Wildman–Crippen MR) is 77.2 cm³/mol. The van der Waals surface area contributed by atoms with E-state index in [1.165, 1.54) is 4.90 Å². The molecule has 1 aromatic rings. The molecule has 0 atom stereocenters. The van der Waals surface area contributed by atoms with Gasteiger partial charge in [0.05, 0.1) is 0 Å². The van der Waals surface area contributed by atoms with Gasteiger partial charge in [0.15, 0.2) is 0 Å². The van der Waals surface area contributed by atoms with Crippen LogP contribution < -0.4 is 5.32 Å². The van der Waals surface area contributed by atoms with Crippen LogP contribution in [-0.4, -0.2) is 30.8 Å². The molecule has 104 valence electrons. The van der Waals surface area contributed by atoms with Gasteiger partial charge < -0.3 is 10.2 Å². The number of hydrogen-bond donors (Lipinski definition) is 1. The Hall–Kier alpha value is -1.84. The lowest BCUT2D eigenvalue weighted by Gasteiger charge is -2.17. The summed E-state index contributed by atoms with van der Waals surface area (Å²) in [5.74, 6) is -0.0632. The zero-order valence-electron chi connectivity index (χ0n) is 12.3. The molecule has 0 heterocycles. The smallest absolute Gasteiger partial charge is 0.253 e. The number of nitrogens with zero attached hydrogens (tertiary/aromatic N) is 1. The minimum atomic E-state index is -0.0485. The first kappa shape index (κ1) is 15.2. The van der Waals surface area contributed by atoms with Crippen molar-refractivity contribution in [3.8, 4) is 0 Å². The topological polar surface area (TPSA) is 49.4 Å². The Morgan fingerprint density at radius 3 is 2.05 bits per heavy atom. The van der Waals surface area contributed by atoms with Gasteiger partial charge in [-0.2, -0.15) is 0 Å². The van der Waals surface area contributed by atoms with Crippen LogP contribution in [-0.2, 0) is 4.79 Å². The molecule has 0 fully saturated rings. The zero-order chi connectivity index (χ0) is 14.6. The van der Waals surface area contributed by atoms with E-state index in [2.05, 4.69) is 5.32 Å². The van der Waals surface area contributed by atoms with E-state index in [-0.39, 0.29) is 17.2 Å². The lowest BCUT2D eigenvalue weighted by molar-refractivity contribution is -0.117. The van der Waals surface area contributed by atoms with Crippen LogP contribution in [0.3, 0.4) is 0 Å². The van der Waals surface area contributed by atoms with E-state index in [0.29, 0.717) is 17.7 Å². The third-order valence-corrected chi connectivity index (χ3v) is 2.51. The van der Waals surface area contributed by atoms with Crippen molar-refractivity contribution in [1.82, 2.24) is 4.90 Å². The average Bonchev–Trinajstić information content (AvgIpc) is 2.26. The molecule has 19 heavy (non-hydrogen) atoms. The molecule has 1 aromatic carbocycles. The Balaban J connectivity index is 2.67. The molecule has 0 bridgehead atoms. The number of anilines is 1. The number of amides is 2. The Labute approximate surface area is 114 Å². The van der Waals surface area contributed by atoms with Gasteiger partial charge in [-0.25, -0.2) is 0 Å². The lowest BCUT2D eigenvalue weighted by Crippen LogP contribution is -2.22. The quantitative estimate of drug-likeness (QED) is 0.910. The highest BCUT2D eigenvalue weighted by molar-refractivity contribution is 5.95. The summed E-state index contributed by atoms with van der Waals surface area (Å²) in [4.78, 5) is 25.0. The Bertz CT molecular complexity index is 456. The monoisotopic (exact) mass is 262 g/mol. The minimum Gasteiger partial charge on any atom is -0.345 e. The van der Waals surface area contributed by atoms with E-state index < -0.39 is 0 Å². The number of rotatable bonds is 3. The van der Waals surface area contributed by atoms with Crippen molar-refractivity contribution in [3.05, 3.63) is 29.8 Å². The van der Waals surface area contributed by atoms with Crippen LogP contribution in [0.2, 0.25) is 0 Å². The van der Waals surface area contributed by atoms with Gasteiger partial charge in [0.25, 0.3) is 5.91 Å². The summed E-state index contributed by atoms with van der Waals surface area (Å²) >= 11 is 0. The van der Waals surface area contributed by atoms with Gasteiger partial charge >= 0.3 is 0 Å². The van der Waals surface area contributed by atoms with Gasteiger partial charge in [-0.3, -0.25) is 9.59 Å². The number of carbonyl (C=O) groups excluding carboxylic acids is 2. The first-order valence-corrected chi connectivity index (χ1v) is 6.30. The fourth-order valence-electron chi connectivity index (χ4n) is 1.64. The average molecular weight is 262 g/mol. The van der Waals surface area contributed by atoms with Crippen molar-refractivity contribution >= 4 is 17.5 Å². The Kier molecular flexibility index (Phi) is 4.70. The van der Waals surface area contributed by atoms with Crippen LogP contribution in [0.1, 0.15) is 37.6 Å². The summed E-state index contributed by atoms with van der Waals surface area (Å²) in [5, 5.41) is 2.83. The predicted octanol–water partition coefficient (Wildman–Crippen LogP) is 2.76. The molecule has 4 heteroatoms. The van der Waals surface area contributed by atoms with E-state index in [4.69, 9.17) is 0 Å². The fourth-order valence-corrected chi connectivity index (χ4v) is 1.64. The molecular formula is C15H22N2O2. The summed E-state index contributed by atoms with van der Waals surface area (Å²) in [6.45, 7) is 6.06. The van der Waals surface area contributed by atoms with Crippen molar-refractivity contribution in [1.29, 1.82) is 0 Å². The normalized spacial score (nSPS) is 11.0. The third kappa shape index (κ3) is 5.12. The molecule has 2 amide bonds. The Morgan fingerprint density at radius 1 is 1.11 bits per heavy atom. The number of carbonyl (C=O) groups is 2. The summed E-state index contributed by atoms with van der Waals surface area (Å²) in [5.41, 5.74) is 1.29. The first-order chi connectivity index (χ1) is 8.69. The molecule has 0 aliphatic carbocycles. The summed E-state index contributed by atoms with van der Waals surface area (Å²) in [7, 11) is 3.42. The van der Waals surface area contributed by atoms with Crippen molar-refractivity contribution in [2.45, 2.75) is 27.2 Å². The highest BCUT2D eigenvalue weighted by Gasteiger charge is 2.16. The van der Waals surface area contributed by atoms with Crippen LogP contribution in [0.25, 0.3) is 0 Å². The van der Waals surface area contributed by atoms with E-state index >= 15 is 0 Å². The van der Waals surface area contributed by atoms with Crippen LogP contribution in [0.5, 0.6) is 0 Å². The van der Waals surface area contributed by atoms with Gasteiger partial charge in [-0.15, -0.1) is 0 Å². The van der Waals surface area contributed by atoms with E-state index in [9.17, 15) is 9.59 Å². The molecule has 0 spiro atoms. The number of nitrogens with one attached hydrogen (secondary N) is 1. The first-order valence-electron chi connectivity index (χ1n) is 6.30. The SMILES string of the molecule is CN(C)C(=O)c1ccc(NC(=O)CC(C)(C)C)cc1. The van der Waals surface area contributed by atoms with Gasteiger partial charge in [0.2, 0.25) is 5.91 Å². The summed E-state index contributed by atoms with van der Waals surface area (Å²) in [6.07, 6.45) is 0.464. The second-order valence-corrected chi connectivity index (χ2v) is 6.06. The number of hydrogen-bond acceptors (Lipinski definition) is 2. The maximum Gasteiger partial charge on any atom is 0.253 e. The number of benzene rings is 1. The third-order valence-electron chi connectivity index (χ3n) is 2.51. The summed E-state index contributed by atoms with van der Waals surface area (Å²) in [6, 6.07) is 6.93. The maximum absolute atomic E-state index is 11.8. The molecule has 1 rings (SSSR count). The van der Waals surface area contributed by atoms with Crippen LogP contribution in [0.4, 0.5) is 5.69 Å². The molecule has 0 saturated heterocycles. The van der Waals surface area contributed by atoms with Crippen molar-refractivity contribution in [3.63, 3.8) is 0 Å². The molecule has 0 saturated carbocycles. The van der Waals surface area contributed by atoms with Crippen LogP contribution in [0, 0.1) is 5.41 Å². The Morgan fingerprint density at radius 2 is 1.63 bits per heavy atom. The second-order valence-electron chi connectivity index (χ2n) is 6.06. The molecule has 0 aliphatic rings. The molecule has 4 nitrogen and oxygen atoms in total. The maximum atomic E-state index is 11.8. The lowest BCUT2D eigenvalue weighted by atomic mass is 9.92. The van der Waals surface area contributed by atoms with Crippen molar-refractivity contribution in [2.75, 3.05) is 19.4 Å². The highest BCUT2D eigenvalue weighted by Crippen LogP contribution is 2.19. The standard InChI is InChI=1S/C15H22N2O2/c1-15(2,3)10-13(18)16-12-8-6-11(7-9-12)14(19)17(4)5/h6-9H,10H2,1-5H3,(H,16,18). The van der Waals surface area contributed by atoms with Crippen LogP contribution in [0.15, 0.2) is 24.3 Å². The van der Waals surface area contributed by atoms with Gasteiger partial charge in [-0.05, 0) is 29.7 Å². The van der Waals surface area contributed by atoms with Gasteiger partial charge in [0, 0.05) is 31.8 Å². The van der Waals surface area contributed by atoms with Crippen molar-refractivity contribution < 1.29 is 9.59 Å². The molecule has 0 aromatic heterocycles. The summed E-state index contributed by atoms with van der Waals surface area (Å²) < 4.78 is 0. The van der Waals surface area contributed by atoms with Gasteiger partial charge in [-0.1, -0.05) is 20.8 Å². The van der Waals surface area contributed by atoms with E-state index in [1.807, 2.05) is 20.8 Å². The minimum absolute atomic E-state index is 0.0146. The van der Waals surface area contributed by atoms with Crippen LogP contribution >= 0.6 is 0 Å². The van der Waals surface area contributed by atoms with E-state index in [1.54, 1.807) is 38.4 Å². The largest absolute Gasteiger partial charge is 0.345 e. The molecule has 0 aliphatic heterocycles. The molecule has 1 N–H and O–H groups in total. The molecule has 0 radical (unpaired) electrons. The zero-order valence-corrected chi connectivity index (χ0v) is 12.3. The fraction of sp³-hybridized carbons (Fsp3) is 0.467. The highest BCUT2D eigenvalue weighted by atomic mass is 16.2. The van der Waals surface area contributed by atoms with Gasteiger partial charge in [0.1, 0.15) is 0 Å².